The number of rotatable bonds is 5. The molecule has 16 heteroatoms. The summed E-state index contributed by atoms with van der Waals surface area (Å²) in [6.45, 7) is 14.9. The number of allylic oxidation sites excluding steroid dienone is 4. The van der Waals surface area contributed by atoms with E-state index in [0.717, 1.165) is 0 Å². The van der Waals surface area contributed by atoms with Crippen molar-refractivity contribution in [2.75, 3.05) is 20.2 Å². The molecule has 5 aliphatic rings. The van der Waals surface area contributed by atoms with Crippen LogP contribution in [0.15, 0.2) is 65.7 Å². The van der Waals surface area contributed by atoms with Crippen LogP contribution in [0.3, 0.4) is 0 Å². The van der Waals surface area contributed by atoms with Gasteiger partial charge in [0.1, 0.15) is 29.0 Å². The van der Waals surface area contributed by atoms with Crippen molar-refractivity contribution in [3.05, 3.63) is 104 Å². The Hall–Kier alpha value is -5.61. The molecule has 1 saturated heterocycles. The largest absolute Gasteiger partial charge is 0.462 e. The molecule has 348 valence electrons. The van der Waals surface area contributed by atoms with Crippen LogP contribution >= 0.6 is 11.6 Å². The number of carbonyl (C=O) groups is 6. The second-order valence-electron chi connectivity index (χ2n) is 17.5. The molecule has 1 fully saturated rings. The van der Waals surface area contributed by atoms with Gasteiger partial charge in [0.15, 0.2) is 0 Å². The van der Waals surface area contributed by atoms with Gasteiger partial charge in [0.05, 0.1) is 46.8 Å². The number of hydrogen-bond donors (Lipinski definition) is 3. The number of Topliss-reactive ketones (excluding diaryl/α,β-unsaturated/α-hetero) is 3. The lowest BCUT2D eigenvalue weighted by molar-refractivity contribution is -0.160. The third-order valence-corrected chi connectivity index (χ3v) is 13.3. The van der Waals surface area contributed by atoms with Crippen LogP contribution in [0.2, 0.25) is 5.02 Å². The van der Waals surface area contributed by atoms with Gasteiger partial charge < -0.3 is 44.1 Å². The highest BCUT2D eigenvalue weighted by Gasteiger charge is 2.54. The maximum absolute atomic E-state index is 15.2. The van der Waals surface area contributed by atoms with E-state index in [1.807, 2.05) is 0 Å². The maximum Gasteiger partial charge on any atom is 0.343 e. The summed E-state index contributed by atoms with van der Waals surface area (Å²) < 4.78 is 29.9. The molecule has 0 unspecified atom stereocenters. The second-order valence-corrected chi connectivity index (χ2v) is 17.9. The fourth-order valence-electron chi connectivity index (χ4n) is 8.90. The Morgan fingerprint density at radius 2 is 1.58 bits per heavy atom. The first-order chi connectivity index (χ1) is 30.6. The Bertz CT molecular complexity index is 2430. The molecular formula is C49H57ClN2O13. The van der Waals surface area contributed by atoms with Crippen molar-refractivity contribution < 1.29 is 62.7 Å². The van der Waals surface area contributed by atoms with Crippen molar-refractivity contribution in [3.63, 3.8) is 0 Å². The number of aryl methyl sites for hydroxylation is 1. The van der Waals surface area contributed by atoms with Crippen LogP contribution in [0.1, 0.15) is 114 Å². The predicted octanol–water partition coefficient (Wildman–Crippen LogP) is 6.53. The van der Waals surface area contributed by atoms with Crippen molar-refractivity contribution in [2.24, 2.45) is 23.7 Å². The van der Waals surface area contributed by atoms with E-state index < -0.39 is 94.6 Å². The fraction of sp³-hybridized carbons (Fsp3) is 0.469. The number of methoxy groups -OCH3 is 1. The molecule has 7 rings (SSSR count). The molecule has 9 atom stereocenters. The molecule has 2 aromatic carbocycles. The number of nitrogens with zero attached hydrogens (tertiary/aromatic N) is 1. The molecule has 2 aromatic rings. The molecule has 3 N–H and O–H groups in total. The number of carbonyl (C=O) groups excluding carboxylic acids is 6. The van der Waals surface area contributed by atoms with Crippen molar-refractivity contribution in [1.82, 2.24) is 10.2 Å². The van der Waals surface area contributed by atoms with Gasteiger partial charge in [0.25, 0.3) is 11.7 Å². The zero-order valence-electron chi connectivity index (χ0n) is 38.3. The normalized spacial score (nSPS) is 28.8. The Labute approximate surface area is 383 Å². The molecule has 15 nitrogen and oxygen atoms in total. The van der Waals surface area contributed by atoms with E-state index in [4.69, 9.17) is 35.3 Å². The number of aliphatic hydroxyl groups excluding tert-OH is 2. The molecule has 1 amide bonds. The summed E-state index contributed by atoms with van der Waals surface area (Å²) in [5.74, 6) is -10.1. The van der Waals surface area contributed by atoms with E-state index in [1.165, 1.54) is 65.4 Å². The van der Waals surface area contributed by atoms with Gasteiger partial charge in [-0.05, 0) is 57.4 Å². The SMILES string of the molecule is CO[C@H]1C=CO[C@@]2(C)Oc3c(C)c(OC(=O)c4ccc(C)c(Cl)c4)c4c(c3C2=O)C(=O)C(N2CCCC2)=C(NC(=O)C(C)=CC=C[C@H](C)[C@H](O)[C@@H](C)[C@H](O)[C@H](C)[C@H](OC(C)=O)[C@@H]1C)C4=O. The van der Waals surface area contributed by atoms with Crippen LogP contribution < -0.4 is 14.8 Å². The summed E-state index contributed by atoms with van der Waals surface area (Å²) in [5, 5.41) is 26.0. The molecular weight excluding hydrogens is 860 g/mol. The number of halogens is 1. The lowest BCUT2D eigenvalue weighted by atomic mass is 9.78. The van der Waals surface area contributed by atoms with Gasteiger partial charge in [0.2, 0.25) is 11.6 Å². The van der Waals surface area contributed by atoms with E-state index in [1.54, 1.807) is 57.7 Å². The van der Waals surface area contributed by atoms with Gasteiger partial charge in [-0.3, -0.25) is 24.0 Å². The van der Waals surface area contributed by atoms with Crippen LogP contribution in [0.25, 0.3) is 0 Å². The zero-order chi connectivity index (χ0) is 47.8. The third kappa shape index (κ3) is 9.42. The molecule has 65 heavy (non-hydrogen) atoms. The number of likely N-dealkylation sites (tertiary alicyclic amines) is 1. The first-order valence-electron chi connectivity index (χ1n) is 21.7. The van der Waals surface area contributed by atoms with Gasteiger partial charge in [-0.1, -0.05) is 63.6 Å². The van der Waals surface area contributed by atoms with E-state index in [-0.39, 0.29) is 55.7 Å². The van der Waals surface area contributed by atoms with Crippen LogP contribution in [-0.2, 0) is 23.8 Å². The quantitative estimate of drug-likeness (QED) is 0.216. The molecule has 0 spiro atoms. The predicted molar refractivity (Wildman–Crippen MR) is 238 cm³/mol. The number of aliphatic hydroxyl groups is 2. The molecule has 5 bridgehead atoms. The number of hydrogen-bond acceptors (Lipinski definition) is 14. The Balaban J connectivity index is 1.55. The molecule has 0 radical (unpaired) electrons. The number of fused-ring (bicyclic) bond motifs is 14. The molecule has 4 aliphatic heterocycles. The average Bonchev–Trinajstić information content (AvgIpc) is 3.89. The number of ketones is 3. The van der Waals surface area contributed by atoms with E-state index in [9.17, 15) is 29.4 Å². The Morgan fingerprint density at radius 1 is 0.908 bits per heavy atom. The number of amides is 1. The Kier molecular flexibility index (Phi) is 14.6. The maximum atomic E-state index is 15.2. The van der Waals surface area contributed by atoms with Crippen molar-refractivity contribution in [3.8, 4) is 11.5 Å². The molecule has 0 aromatic heterocycles. The van der Waals surface area contributed by atoms with Crippen molar-refractivity contribution in [2.45, 2.75) is 105 Å². The number of ether oxygens (including phenoxy) is 5. The van der Waals surface area contributed by atoms with Crippen molar-refractivity contribution >= 4 is 46.8 Å². The van der Waals surface area contributed by atoms with Gasteiger partial charge in [-0.2, -0.15) is 0 Å². The molecule has 1 aliphatic carbocycles. The van der Waals surface area contributed by atoms with Crippen LogP contribution in [0.4, 0.5) is 0 Å². The van der Waals surface area contributed by atoms with Gasteiger partial charge in [0, 0.05) is 73.9 Å². The summed E-state index contributed by atoms with van der Waals surface area (Å²) in [4.78, 5) is 87.1. The average molecular weight is 917 g/mol. The highest BCUT2D eigenvalue weighted by molar-refractivity contribution is 6.33. The first-order valence-corrected chi connectivity index (χ1v) is 22.1. The van der Waals surface area contributed by atoms with Crippen molar-refractivity contribution in [1.29, 1.82) is 0 Å². The topological polar surface area (TPSA) is 204 Å². The summed E-state index contributed by atoms with van der Waals surface area (Å²) in [6, 6.07) is 4.51. The number of nitrogens with one attached hydrogen (secondary N) is 1. The zero-order valence-corrected chi connectivity index (χ0v) is 39.0. The highest BCUT2D eigenvalue weighted by atomic mass is 35.5. The lowest BCUT2D eigenvalue weighted by Gasteiger charge is -2.38. The monoisotopic (exact) mass is 916 g/mol. The summed E-state index contributed by atoms with van der Waals surface area (Å²) in [6.07, 6.45) is 4.69. The first kappa shape index (κ1) is 48.8. The standard InChI is InChI=1S/C49H57ClN2O13/c1-23-16-17-31(22-32(23)50)48(60)64-44-29(7)45-36-34-35(44)41(56)37(38(42(34)57)52-19-11-12-20-52)51-47(59)25(3)15-13-14-24(2)39(54)27(5)40(55)28(6)43(63-30(8)53)26(4)33(61-10)18-21-62-49(9,65-45)46(36)58/h13-18,21-22,24,26-28,33,39-40,43,54-55H,11-12,19-20H2,1-10H3,(H,51,59)/t24-,26+,27+,28-,33-,39-,40-,43+,49-/m0/s1. The summed E-state index contributed by atoms with van der Waals surface area (Å²) in [5.41, 5.74) is -0.720. The van der Waals surface area contributed by atoms with Crippen LogP contribution in [0, 0.1) is 37.5 Å². The minimum absolute atomic E-state index is 0.0174. The molecule has 4 heterocycles. The van der Waals surface area contributed by atoms with Crippen LogP contribution in [-0.4, -0.2) is 101 Å². The minimum atomic E-state index is -2.15. The Morgan fingerprint density at radius 3 is 2.22 bits per heavy atom. The van der Waals surface area contributed by atoms with E-state index >= 15 is 9.59 Å². The third-order valence-electron chi connectivity index (χ3n) is 12.9. The second kappa shape index (κ2) is 19.5. The summed E-state index contributed by atoms with van der Waals surface area (Å²) >= 11 is 6.37. The highest BCUT2D eigenvalue weighted by Crippen LogP contribution is 2.50. The van der Waals surface area contributed by atoms with Gasteiger partial charge in [-0.15, -0.1) is 0 Å². The lowest BCUT2D eigenvalue weighted by Crippen LogP contribution is -2.46. The van der Waals surface area contributed by atoms with Gasteiger partial charge in [-0.25, -0.2) is 4.79 Å². The minimum Gasteiger partial charge on any atom is -0.462 e. The number of esters is 2. The molecule has 0 saturated carbocycles. The summed E-state index contributed by atoms with van der Waals surface area (Å²) in [7, 11) is 1.42. The van der Waals surface area contributed by atoms with E-state index in [0.29, 0.717) is 31.5 Å². The van der Waals surface area contributed by atoms with Crippen LogP contribution in [0.5, 0.6) is 11.5 Å². The smallest absolute Gasteiger partial charge is 0.343 e. The van der Waals surface area contributed by atoms with Gasteiger partial charge >= 0.3 is 17.7 Å². The fourth-order valence-corrected chi connectivity index (χ4v) is 9.08. The number of benzene rings is 2. The van der Waals surface area contributed by atoms with E-state index in [2.05, 4.69) is 5.32 Å².